The van der Waals surface area contributed by atoms with E-state index in [-0.39, 0.29) is 11.8 Å². The van der Waals surface area contributed by atoms with Crippen molar-refractivity contribution in [2.45, 2.75) is 31.6 Å². The van der Waals surface area contributed by atoms with E-state index in [0.717, 1.165) is 18.4 Å². The number of hydrogen-bond donors (Lipinski definition) is 1. The Labute approximate surface area is 124 Å². The van der Waals surface area contributed by atoms with Crippen molar-refractivity contribution in [3.8, 4) is 0 Å². The molecule has 0 bridgehead atoms. The first kappa shape index (κ1) is 14.2. The Balaban J connectivity index is 1.84. The minimum absolute atomic E-state index is 0.0216. The van der Waals surface area contributed by atoms with Gasteiger partial charge in [0.1, 0.15) is 5.82 Å². The monoisotopic (exact) mass is 306 g/mol. The van der Waals surface area contributed by atoms with Crippen molar-refractivity contribution in [1.29, 1.82) is 0 Å². The standard InChI is InChI=1S/C14H18N4O2S/c1-11-15-14(17-16-11)13-8-5-9-18(13)21(19,20)10-12-6-3-2-4-7-12/h2-4,6-7,13H,5,8-10H2,1H3,(H,15,16,17)/t13-/m0/s1. The average molecular weight is 306 g/mol. The van der Waals surface area contributed by atoms with Crippen LogP contribution in [-0.4, -0.2) is 34.4 Å². The summed E-state index contributed by atoms with van der Waals surface area (Å²) in [7, 11) is -3.36. The quantitative estimate of drug-likeness (QED) is 0.934. The Bertz CT molecular complexity index is 712. The molecule has 112 valence electrons. The molecule has 7 heteroatoms. The number of benzene rings is 1. The first-order valence-corrected chi connectivity index (χ1v) is 8.59. The fraction of sp³-hybridized carbons (Fsp3) is 0.429. The van der Waals surface area contributed by atoms with Gasteiger partial charge in [0.25, 0.3) is 0 Å². The molecule has 6 nitrogen and oxygen atoms in total. The molecular weight excluding hydrogens is 288 g/mol. The van der Waals surface area contributed by atoms with Gasteiger partial charge >= 0.3 is 0 Å². The number of aromatic amines is 1. The van der Waals surface area contributed by atoms with E-state index in [9.17, 15) is 8.42 Å². The Morgan fingerprint density at radius 2 is 2.10 bits per heavy atom. The molecule has 1 saturated heterocycles. The topological polar surface area (TPSA) is 79.0 Å². The molecule has 0 radical (unpaired) electrons. The van der Waals surface area contributed by atoms with E-state index >= 15 is 0 Å². The maximum Gasteiger partial charge on any atom is 0.218 e. The van der Waals surface area contributed by atoms with Crippen LogP contribution in [0.1, 0.15) is 36.1 Å². The van der Waals surface area contributed by atoms with E-state index in [1.54, 1.807) is 4.31 Å². The van der Waals surface area contributed by atoms with Crippen molar-refractivity contribution in [3.63, 3.8) is 0 Å². The first-order chi connectivity index (χ1) is 10.1. The van der Waals surface area contributed by atoms with Gasteiger partial charge in [-0.1, -0.05) is 30.3 Å². The second kappa shape index (κ2) is 5.57. The van der Waals surface area contributed by atoms with Gasteiger partial charge in [-0.05, 0) is 25.3 Å². The third-order valence-corrected chi connectivity index (χ3v) is 5.52. The van der Waals surface area contributed by atoms with Crippen molar-refractivity contribution in [2.75, 3.05) is 6.54 Å². The molecule has 2 aromatic rings. The van der Waals surface area contributed by atoms with Crippen LogP contribution in [0.3, 0.4) is 0 Å². The third kappa shape index (κ3) is 2.98. The predicted molar refractivity (Wildman–Crippen MR) is 78.9 cm³/mol. The van der Waals surface area contributed by atoms with E-state index in [4.69, 9.17) is 0 Å². The molecule has 0 saturated carbocycles. The lowest BCUT2D eigenvalue weighted by molar-refractivity contribution is 0.383. The molecule has 21 heavy (non-hydrogen) atoms. The molecule has 0 unspecified atom stereocenters. The molecule has 2 heterocycles. The van der Waals surface area contributed by atoms with Gasteiger partial charge in [0.05, 0.1) is 11.8 Å². The fourth-order valence-corrected chi connectivity index (χ4v) is 4.48. The van der Waals surface area contributed by atoms with E-state index in [0.29, 0.717) is 18.2 Å². The van der Waals surface area contributed by atoms with E-state index in [1.165, 1.54) is 0 Å². The van der Waals surface area contributed by atoms with Crippen LogP contribution in [0.4, 0.5) is 0 Å². The highest BCUT2D eigenvalue weighted by Crippen LogP contribution is 2.33. The number of nitrogens with zero attached hydrogens (tertiary/aromatic N) is 3. The summed E-state index contributed by atoms with van der Waals surface area (Å²) in [6.45, 7) is 2.35. The number of sulfonamides is 1. The van der Waals surface area contributed by atoms with E-state index in [1.807, 2.05) is 37.3 Å². The van der Waals surface area contributed by atoms with Crippen LogP contribution in [-0.2, 0) is 15.8 Å². The number of aryl methyl sites for hydroxylation is 1. The lowest BCUT2D eigenvalue weighted by Gasteiger charge is -2.22. The normalized spacial score (nSPS) is 20.0. The van der Waals surface area contributed by atoms with Crippen LogP contribution >= 0.6 is 0 Å². The summed E-state index contributed by atoms with van der Waals surface area (Å²) in [6.07, 6.45) is 1.61. The van der Waals surface area contributed by atoms with Gasteiger partial charge < -0.3 is 0 Å². The smallest absolute Gasteiger partial charge is 0.218 e. The van der Waals surface area contributed by atoms with E-state index < -0.39 is 10.0 Å². The zero-order chi connectivity index (χ0) is 14.9. The van der Waals surface area contributed by atoms with Crippen molar-refractivity contribution < 1.29 is 8.42 Å². The van der Waals surface area contributed by atoms with Gasteiger partial charge in [-0.2, -0.15) is 9.40 Å². The van der Waals surface area contributed by atoms with Crippen molar-refractivity contribution in [1.82, 2.24) is 19.5 Å². The Kier molecular flexibility index (Phi) is 3.77. The van der Waals surface area contributed by atoms with Gasteiger partial charge in [-0.25, -0.2) is 13.4 Å². The van der Waals surface area contributed by atoms with Crippen LogP contribution in [0, 0.1) is 6.92 Å². The molecule has 0 amide bonds. The Morgan fingerprint density at radius 1 is 1.33 bits per heavy atom. The molecule has 1 aromatic heterocycles. The zero-order valence-corrected chi connectivity index (χ0v) is 12.7. The molecule has 0 aliphatic carbocycles. The summed E-state index contributed by atoms with van der Waals surface area (Å²) in [5, 5.41) is 6.91. The second-order valence-electron chi connectivity index (χ2n) is 5.29. The third-order valence-electron chi connectivity index (χ3n) is 3.67. The largest absolute Gasteiger partial charge is 0.263 e. The van der Waals surface area contributed by atoms with Gasteiger partial charge in [0.15, 0.2) is 5.82 Å². The predicted octanol–water partition coefficient (Wildman–Crippen LogP) is 1.78. The Morgan fingerprint density at radius 3 is 2.76 bits per heavy atom. The molecular formula is C14H18N4O2S. The van der Waals surface area contributed by atoms with Gasteiger partial charge in [-0.3, -0.25) is 5.10 Å². The van der Waals surface area contributed by atoms with E-state index in [2.05, 4.69) is 15.2 Å². The second-order valence-corrected chi connectivity index (χ2v) is 7.21. The summed E-state index contributed by atoms with van der Waals surface area (Å²) in [5.41, 5.74) is 0.800. The fourth-order valence-electron chi connectivity index (χ4n) is 2.71. The SMILES string of the molecule is Cc1nc([C@@H]2CCCN2S(=O)(=O)Cc2ccccc2)n[nH]1. The lowest BCUT2D eigenvalue weighted by atomic mass is 10.2. The maximum atomic E-state index is 12.7. The maximum absolute atomic E-state index is 12.7. The highest BCUT2D eigenvalue weighted by molar-refractivity contribution is 7.88. The van der Waals surface area contributed by atoms with Gasteiger partial charge in [-0.15, -0.1) is 0 Å². The van der Waals surface area contributed by atoms with Crippen LogP contribution < -0.4 is 0 Å². The van der Waals surface area contributed by atoms with Gasteiger partial charge in [0.2, 0.25) is 10.0 Å². The molecule has 1 aliphatic rings. The summed E-state index contributed by atoms with van der Waals surface area (Å²) < 4.78 is 26.9. The highest BCUT2D eigenvalue weighted by atomic mass is 32.2. The first-order valence-electron chi connectivity index (χ1n) is 6.98. The lowest BCUT2D eigenvalue weighted by Crippen LogP contribution is -2.32. The zero-order valence-electron chi connectivity index (χ0n) is 11.9. The van der Waals surface area contributed by atoms with Crippen LogP contribution in [0.15, 0.2) is 30.3 Å². The van der Waals surface area contributed by atoms with Gasteiger partial charge in [0, 0.05) is 6.54 Å². The van der Waals surface area contributed by atoms with Crippen LogP contribution in [0.25, 0.3) is 0 Å². The average Bonchev–Trinajstić information content (AvgIpc) is 3.07. The molecule has 0 spiro atoms. The number of nitrogens with one attached hydrogen (secondary N) is 1. The molecule has 1 N–H and O–H groups in total. The van der Waals surface area contributed by atoms with Crippen molar-refractivity contribution in [3.05, 3.63) is 47.5 Å². The molecule has 3 rings (SSSR count). The molecule has 1 fully saturated rings. The molecule has 1 atom stereocenters. The molecule has 1 aliphatic heterocycles. The summed E-state index contributed by atoms with van der Waals surface area (Å²) in [6, 6.07) is 9.00. The number of aromatic nitrogens is 3. The highest BCUT2D eigenvalue weighted by Gasteiger charge is 2.37. The van der Waals surface area contributed by atoms with Crippen molar-refractivity contribution in [2.24, 2.45) is 0 Å². The number of H-pyrrole nitrogens is 1. The summed E-state index contributed by atoms with van der Waals surface area (Å²) >= 11 is 0. The number of hydrogen-bond acceptors (Lipinski definition) is 4. The van der Waals surface area contributed by atoms with Crippen LogP contribution in [0.2, 0.25) is 0 Å². The molecule has 1 aromatic carbocycles. The summed E-state index contributed by atoms with van der Waals surface area (Å²) in [5.74, 6) is 1.30. The minimum Gasteiger partial charge on any atom is -0.263 e. The minimum atomic E-state index is -3.36. The Hall–Kier alpha value is -1.73. The van der Waals surface area contributed by atoms with Crippen LogP contribution in [0.5, 0.6) is 0 Å². The van der Waals surface area contributed by atoms with Crippen molar-refractivity contribution >= 4 is 10.0 Å². The summed E-state index contributed by atoms with van der Waals surface area (Å²) in [4.78, 5) is 4.29. The number of rotatable bonds is 4.